The Bertz CT molecular complexity index is 396. The van der Waals surface area contributed by atoms with E-state index in [1.807, 2.05) is 19.3 Å². The Morgan fingerprint density at radius 3 is 3.12 bits per heavy atom. The standard InChI is InChI=1S/C12H16N4/c1-14-16-5-3-2-4-12(16)11-6-10(7-13)8-15-9-11/h6,8-9,12,14H,2-5H2,1H3. The van der Waals surface area contributed by atoms with Crippen LogP contribution in [0.25, 0.3) is 0 Å². The van der Waals surface area contributed by atoms with Gasteiger partial charge in [0.1, 0.15) is 6.07 Å². The van der Waals surface area contributed by atoms with E-state index in [9.17, 15) is 0 Å². The van der Waals surface area contributed by atoms with Crippen LogP contribution >= 0.6 is 0 Å². The lowest BCUT2D eigenvalue weighted by molar-refractivity contribution is 0.0982. The van der Waals surface area contributed by atoms with Gasteiger partial charge < -0.3 is 0 Å². The van der Waals surface area contributed by atoms with Crippen molar-refractivity contribution in [3.63, 3.8) is 0 Å². The van der Waals surface area contributed by atoms with Gasteiger partial charge in [0, 0.05) is 18.9 Å². The molecule has 1 aliphatic heterocycles. The molecule has 0 radical (unpaired) electrons. The first-order chi connectivity index (χ1) is 7.85. The lowest BCUT2D eigenvalue weighted by Gasteiger charge is -2.34. The van der Waals surface area contributed by atoms with Crippen LogP contribution in [-0.4, -0.2) is 23.6 Å². The lowest BCUT2D eigenvalue weighted by Crippen LogP contribution is -2.41. The molecule has 0 spiro atoms. The zero-order valence-electron chi connectivity index (χ0n) is 9.48. The third-order valence-corrected chi connectivity index (χ3v) is 3.06. The molecule has 2 rings (SSSR count). The Kier molecular flexibility index (Phi) is 3.50. The summed E-state index contributed by atoms with van der Waals surface area (Å²) in [5, 5.41) is 11.1. The Hall–Kier alpha value is -1.44. The highest BCUT2D eigenvalue weighted by atomic mass is 15.5. The minimum atomic E-state index is 0.347. The molecule has 0 aromatic carbocycles. The molecule has 0 amide bonds. The molecule has 1 unspecified atom stereocenters. The quantitative estimate of drug-likeness (QED) is 0.816. The monoisotopic (exact) mass is 216 g/mol. The number of piperidine rings is 1. The molecule has 0 aliphatic carbocycles. The number of hydrogen-bond acceptors (Lipinski definition) is 4. The first kappa shape index (κ1) is 11.1. The number of pyridine rings is 1. The van der Waals surface area contributed by atoms with Crippen LogP contribution in [0.5, 0.6) is 0 Å². The van der Waals surface area contributed by atoms with Crippen molar-refractivity contribution >= 4 is 0 Å². The van der Waals surface area contributed by atoms with Crippen molar-refractivity contribution in [2.75, 3.05) is 13.6 Å². The van der Waals surface area contributed by atoms with Crippen LogP contribution in [0, 0.1) is 11.3 Å². The van der Waals surface area contributed by atoms with Gasteiger partial charge in [-0.15, -0.1) is 0 Å². The van der Waals surface area contributed by atoms with Gasteiger partial charge in [0.15, 0.2) is 0 Å². The predicted octanol–water partition coefficient (Wildman–Crippen LogP) is 1.61. The van der Waals surface area contributed by atoms with E-state index in [0.29, 0.717) is 11.6 Å². The predicted molar refractivity (Wildman–Crippen MR) is 61.3 cm³/mol. The highest BCUT2D eigenvalue weighted by Gasteiger charge is 2.23. The summed E-state index contributed by atoms with van der Waals surface area (Å²) in [6, 6.07) is 4.42. The smallest absolute Gasteiger partial charge is 0.101 e. The van der Waals surface area contributed by atoms with E-state index < -0.39 is 0 Å². The highest BCUT2D eigenvalue weighted by molar-refractivity contribution is 5.30. The third kappa shape index (κ3) is 2.21. The maximum Gasteiger partial charge on any atom is 0.101 e. The number of nitrogens with one attached hydrogen (secondary N) is 1. The average molecular weight is 216 g/mol. The molecule has 1 fully saturated rings. The number of rotatable bonds is 2. The summed E-state index contributed by atoms with van der Waals surface area (Å²) < 4.78 is 0. The molecule has 2 heterocycles. The van der Waals surface area contributed by atoms with Crippen LogP contribution in [0.15, 0.2) is 18.5 Å². The third-order valence-electron chi connectivity index (χ3n) is 3.06. The summed E-state index contributed by atoms with van der Waals surface area (Å²) >= 11 is 0. The molecular weight excluding hydrogens is 200 g/mol. The van der Waals surface area contributed by atoms with Crippen molar-refractivity contribution in [1.29, 1.82) is 5.26 Å². The summed E-state index contributed by atoms with van der Waals surface area (Å²) in [7, 11) is 1.94. The summed E-state index contributed by atoms with van der Waals surface area (Å²) in [6.07, 6.45) is 7.05. The second-order valence-electron chi connectivity index (χ2n) is 4.05. The van der Waals surface area contributed by atoms with E-state index in [0.717, 1.165) is 18.5 Å². The first-order valence-corrected chi connectivity index (χ1v) is 5.64. The van der Waals surface area contributed by atoms with Gasteiger partial charge in [0.2, 0.25) is 0 Å². The number of nitrogens with zero attached hydrogens (tertiary/aromatic N) is 3. The van der Waals surface area contributed by atoms with Crippen molar-refractivity contribution in [2.24, 2.45) is 0 Å². The Labute approximate surface area is 95.9 Å². The van der Waals surface area contributed by atoms with Gasteiger partial charge in [-0.25, -0.2) is 5.01 Å². The fourth-order valence-electron chi connectivity index (χ4n) is 2.25. The summed E-state index contributed by atoms with van der Waals surface area (Å²) in [5.74, 6) is 0. The minimum Gasteiger partial charge on any atom is -0.263 e. The van der Waals surface area contributed by atoms with E-state index in [2.05, 4.69) is 21.5 Å². The molecule has 16 heavy (non-hydrogen) atoms. The fraction of sp³-hybridized carbons (Fsp3) is 0.500. The zero-order chi connectivity index (χ0) is 11.4. The number of hydrogen-bond donors (Lipinski definition) is 1. The zero-order valence-corrected chi connectivity index (χ0v) is 9.48. The summed E-state index contributed by atoms with van der Waals surface area (Å²) in [4.78, 5) is 4.12. The van der Waals surface area contributed by atoms with Crippen LogP contribution in [0.1, 0.15) is 36.4 Å². The van der Waals surface area contributed by atoms with Crippen LogP contribution in [-0.2, 0) is 0 Å². The van der Waals surface area contributed by atoms with Gasteiger partial charge >= 0.3 is 0 Å². The second-order valence-corrected chi connectivity index (χ2v) is 4.05. The van der Waals surface area contributed by atoms with E-state index in [1.54, 1.807) is 6.20 Å². The van der Waals surface area contributed by atoms with Gasteiger partial charge in [-0.2, -0.15) is 5.26 Å². The molecule has 1 aromatic rings. The van der Waals surface area contributed by atoms with E-state index in [-0.39, 0.29) is 0 Å². The minimum absolute atomic E-state index is 0.347. The van der Waals surface area contributed by atoms with Crippen LogP contribution < -0.4 is 5.43 Å². The number of aromatic nitrogens is 1. The molecule has 1 aliphatic rings. The molecule has 4 heteroatoms. The van der Waals surface area contributed by atoms with Gasteiger partial charge in [-0.05, 0) is 31.5 Å². The van der Waals surface area contributed by atoms with Crippen molar-refractivity contribution in [3.8, 4) is 6.07 Å². The Morgan fingerprint density at radius 2 is 2.38 bits per heavy atom. The molecule has 4 nitrogen and oxygen atoms in total. The maximum atomic E-state index is 8.86. The van der Waals surface area contributed by atoms with Gasteiger partial charge in [0.25, 0.3) is 0 Å². The van der Waals surface area contributed by atoms with Gasteiger partial charge in [-0.1, -0.05) is 6.42 Å². The van der Waals surface area contributed by atoms with Crippen molar-refractivity contribution in [1.82, 2.24) is 15.4 Å². The van der Waals surface area contributed by atoms with Crippen molar-refractivity contribution < 1.29 is 0 Å². The van der Waals surface area contributed by atoms with E-state index in [1.165, 1.54) is 12.8 Å². The molecule has 84 valence electrons. The Morgan fingerprint density at radius 1 is 1.50 bits per heavy atom. The summed E-state index contributed by atoms with van der Waals surface area (Å²) in [6.45, 7) is 1.05. The summed E-state index contributed by atoms with van der Waals surface area (Å²) in [5.41, 5.74) is 4.98. The fourth-order valence-corrected chi connectivity index (χ4v) is 2.25. The van der Waals surface area contributed by atoms with Crippen LogP contribution in [0.2, 0.25) is 0 Å². The van der Waals surface area contributed by atoms with Crippen LogP contribution in [0.4, 0.5) is 0 Å². The molecule has 1 aromatic heterocycles. The first-order valence-electron chi connectivity index (χ1n) is 5.64. The normalized spacial score (nSPS) is 21.6. The molecule has 0 saturated carbocycles. The number of hydrazine groups is 1. The number of nitriles is 1. The SMILES string of the molecule is CNN1CCCCC1c1cncc(C#N)c1. The Balaban J connectivity index is 2.24. The van der Waals surface area contributed by atoms with E-state index >= 15 is 0 Å². The maximum absolute atomic E-state index is 8.86. The van der Waals surface area contributed by atoms with E-state index in [4.69, 9.17) is 5.26 Å². The average Bonchev–Trinajstić information content (AvgIpc) is 2.38. The molecule has 1 atom stereocenters. The molecular formula is C12H16N4. The highest BCUT2D eigenvalue weighted by Crippen LogP contribution is 2.28. The van der Waals surface area contributed by atoms with Gasteiger partial charge in [-0.3, -0.25) is 10.4 Å². The van der Waals surface area contributed by atoms with Crippen molar-refractivity contribution in [3.05, 3.63) is 29.6 Å². The molecule has 1 N–H and O–H groups in total. The lowest BCUT2D eigenvalue weighted by atomic mass is 9.97. The molecule has 0 bridgehead atoms. The van der Waals surface area contributed by atoms with Gasteiger partial charge in [0.05, 0.1) is 11.6 Å². The van der Waals surface area contributed by atoms with Crippen LogP contribution in [0.3, 0.4) is 0 Å². The topological polar surface area (TPSA) is 52.0 Å². The molecule has 1 saturated heterocycles. The largest absolute Gasteiger partial charge is 0.263 e. The van der Waals surface area contributed by atoms with Crippen molar-refractivity contribution in [2.45, 2.75) is 25.3 Å². The second kappa shape index (κ2) is 5.06.